The van der Waals surface area contributed by atoms with Gasteiger partial charge in [-0.3, -0.25) is 4.79 Å². The fraction of sp³-hybridized carbons (Fsp3) is 0.500. The summed E-state index contributed by atoms with van der Waals surface area (Å²) in [6.07, 6.45) is 4.43. The average molecular weight is 428 g/mol. The lowest BCUT2D eigenvalue weighted by molar-refractivity contribution is -0.128. The fourth-order valence-corrected chi connectivity index (χ4v) is 4.44. The van der Waals surface area contributed by atoms with E-state index in [-0.39, 0.29) is 11.3 Å². The Morgan fingerprint density at radius 3 is 2.29 bits per heavy atom. The Balaban J connectivity index is 1.54. The summed E-state index contributed by atoms with van der Waals surface area (Å²) in [7, 11) is 4.73. The van der Waals surface area contributed by atoms with Gasteiger partial charge < -0.3 is 29.7 Å². The minimum atomic E-state index is -0.200. The van der Waals surface area contributed by atoms with Crippen LogP contribution in [0.15, 0.2) is 18.3 Å². The van der Waals surface area contributed by atoms with Crippen molar-refractivity contribution in [2.24, 2.45) is 5.41 Å². The van der Waals surface area contributed by atoms with Crippen LogP contribution >= 0.6 is 0 Å². The third-order valence-electron chi connectivity index (χ3n) is 6.26. The van der Waals surface area contributed by atoms with Crippen molar-refractivity contribution in [3.05, 3.63) is 23.9 Å². The Hall–Kier alpha value is -3.23. The number of aryl methyl sites for hydroxylation is 1. The molecule has 2 aromatic rings. The van der Waals surface area contributed by atoms with Crippen LogP contribution in [0.25, 0.3) is 0 Å². The van der Waals surface area contributed by atoms with Gasteiger partial charge in [-0.25, -0.2) is 4.98 Å². The summed E-state index contributed by atoms with van der Waals surface area (Å²) in [6.45, 7) is 4.39. The van der Waals surface area contributed by atoms with Crippen LogP contribution in [-0.2, 0) is 4.79 Å². The molecule has 2 aliphatic heterocycles. The van der Waals surface area contributed by atoms with Crippen LogP contribution in [0.5, 0.6) is 17.2 Å². The number of piperidine rings is 1. The minimum absolute atomic E-state index is 0.200. The molecule has 4 rings (SSSR count). The number of ether oxygens (including phenoxy) is 3. The van der Waals surface area contributed by atoms with E-state index in [2.05, 4.69) is 20.5 Å². The van der Waals surface area contributed by atoms with Crippen molar-refractivity contribution in [2.75, 3.05) is 51.2 Å². The molecule has 9 heteroatoms. The van der Waals surface area contributed by atoms with Gasteiger partial charge in [-0.1, -0.05) is 0 Å². The van der Waals surface area contributed by atoms with E-state index >= 15 is 0 Å². The highest BCUT2D eigenvalue weighted by Crippen LogP contribution is 2.41. The topological polar surface area (TPSA) is 97.8 Å². The molecule has 1 aromatic carbocycles. The molecule has 0 unspecified atom stereocenters. The Morgan fingerprint density at radius 1 is 1.06 bits per heavy atom. The number of methoxy groups -OCH3 is 3. The molecule has 31 heavy (non-hydrogen) atoms. The summed E-state index contributed by atoms with van der Waals surface area (Å²) in [5.74, 6) is 3.20. The molecule has 0 radical (unpaired) electrons. The Kier molecular flexibility index (Phi) is 5.75. The maximum Gasteiger partial charge on any atom is 0.229 e. The van der Waals surface area contributed by atoms with Gasteiger partial charge in [0.05, 0.1) is 26.7 Å². The van der Waals surface area contributed by atoms with Crippen molar-refractivity contribution < 1.29 is 19.0 Å². The predicted octanol–water partition coefficient (Wildman–Crippen LogP) is 2.66. The molecule has 1 aromatic heterocycles. The van der Waals surface area contributed by atoms with Gasteiger partial charge in [0.1, 0.15) is 5.82 Å². The van der Waals surface area contributed by atoms with Crippen LogP contribution in [0.3, 0.4) is 0 Å². The van der Waals surface area contributed by atoms with Crippen LogP contribution in [0.1, 0.15) is 24.8 Å². The highest BCUT2D eigenvalue weighted by molar-refractivity contribution is 5.85. The number of benzene rings is 1. The zero-order valence-electron chi connectivity index (χ0n) is 18.4. The summed E-state index contributed by atoms with van der Waals surface area (Å²) < 4.78 is 16.2. The zero-order valence-corrected chi connectivity index (χ0v) is 18.4. The number of nitrogens with zero attached hydrogens (tertiary/aromatic N) is 3. The molecule has 2 aliphatic rings. The van der Waals surface area contributed by atoms with Crippen LogP contribution in [0, 0.1) is 12.3 Å². The zero-order chi connectivity index (χ0) is 22.0. The van der Waals surface area contributed by atoms with Crippen LogP contribution in [-0.4, -0.2) is 56.8 Å². The maximum atomic E-state index is 12.3. The number of carbonyl (C=O) groups is 1. The number of nitrogens with one attached hydrogen (secondary N) is 2. The number of hydrogen-bond donors (Lipinski definition) is 2. The van der Waals surface area contributed by atoms with E-state index in [4.69, 9.17) is 19.2 Å². The molecule has 0 bridgehead atoms. The molecule has 3 heterocycles. The normalized spacial score (nSPS) is 17.4. The van der Waals surface area contributed by atoms with E-state index in [0.717, 1.165) is 56.0 Å². The molecular formula is C22H29N5O4. The van der Waals surface area contributed by atoms with Gasteiger partial charge >= 0.3 is 0 Å². The fourth-order valence-electron chi connectivity index (χ4n) is 4.44. The van der Waals surface area contributed by atoms with Crippen molar-refractivity contribution in [3.8, 4) is 17.2 Å². The monoisotopic (exact) mass is 427 g/mol. The number of aromatic nitrogens is 2. The SMILES string of the molecule is COc1cc(Nc2ncc(C)c(N3CCC4(CCNC4=O)CC3)n2)cc(OC)c1OC. The molecule has 2 N–H and O–H groups in total. The van der Waals surface area contributed by atoms with Gasteiger partial charge in [-0.15, -0.1) is 0 Å². The van der Waals surface area contributed by atoms with E-state index < -0.39 is 0 Å². The van der Waals surface area contributed by atoms with Gasteiger partial charge in [-0.2, -0.15) is 4.98 Å². The first-order valence-corrected chi connectivity index (χ1v) is 10.4. The van der Waals surface area contributed by atoms with E-state index in [1.807, 2.05) is 25.3 Å². The molecule has 166 valence electrons. The molecule has 1 amide bonds. The minimum Gasteiger partial charge on any atom is -0.493 e. The standard InChI is InChI=1S/C22H29N5O4/c1-14-13-24-21(25-15-11-16(29-2)18(31-4)17(12-15)30-3)26-19(14)27-9-6-22(7-10-27)5-8-23-20(22)28/h11-13H,5-10H2,1-4H3,(H,23,28)(H,24,25,26). The summed E-state index contributed by atoms with van der Waals surface area (Å²) in [5, 5.41) is 6.23. The van der Waals surface area contributed by atoms with E-state index in [1.165, 1.54) is 0 Å². The van der Waals surface area contributed by atoms with Gasteiger partial charge in [0.15, 0.2) is 11.5 Å². The molecule has 0 atom stereocenters. The number of anilines is 3. The first-order chi connectivity index (χ1) is 15.0. The number of rotatable bonds is 6. The summed E-state index contributed by atoms with van der Waals surface area (Å²) >= 11 is 0. The molecular weight excluding hydrogens is 398 g/mol. The second-order valence-corrected chi connectivity index (χ2v) is 8.01. The second kappa shape index (κ2) is 8.49. The third kappa shape index (κ3) is 3.92. The van der Waals surface area contributed by atoms with Crippen molar-refractivity contribution in [3.63, 3.8) is 0 Å². The van der Waals surface area contributed by atoms with Gasteiger partial charge in [0.2, 0.25) is 17.6 Å². The second-order valence-electron chi connectivity index (χ2n) is 8.01. The van der Waals surface area contributed by atoms with Crippen molar-refractivity contribution >= 4 is 23.4 Å². The predicted molar refractivity (Wildman–Crippen MR) is 118 cm³/mol. The van der Waals surface area contributed by atoms with Gasteiger partial charge in [-0.05, 0) is 26.2 Å². The number of hydrogen-bond acceptors (Lipinski definition) is 8. The number of amides is 1. The van der Waals surface area contributed by atoms with E-state index in [1.54, 1.807) is 21.3 Å². The maximum absolute atomic E-state index is 12.3. The Morgan fingerprint density at radius 2 is 1.74 bits per heavy atom. The lowest BCUT2D eigenvalue weighted by Gasteiger charge is -2.38. The van der Waals surface area contributed by atoms with E-state index in [0.29, 0.717) is 23.2 Å². The molecule has 0 aliphatic carbocycles. The highest BCUT2D eigenvalue weighted by atomic mass is 16.5. The Bertz CT molecular complexity index is 947. The smallest absolute Gasteiger partial charge is 0.229 e. The molecule has 1 spiro atoms. The first-order valence-electron chi connectivity index (χ1n) is 10.4. The van der Waals surface area contributed by atoms with Crippen LogP contribution < -0.4 is 29.7 Å². The molecule has 0 saturated carbocycles. The van der Waals surface area contributed by atoms with Crippen molar-refractivity contribution in [2.45, 2.75) is 26.2 Å². The van der Waals surface area contributed by atoms with Crippen molar-refractivity contribution in [1.29, 1.82) is 0 Å². The van der Waals surface area contributed by atoms with Crippen LogP contribution in [0.4, 0.5) is 17.5 Å². The first kappa shape index (κ1) is 21.0. The highest BCUT2D eigenvalue weighted by Gasteiger charge is 2.44. The number of carbonyl (C=O) groups excluding carboxylic acids is 1. The summed E-state index contributed by atoms with van der Waals surface area (Å²) in [4.78, 5) is 23.7. The Labute approximate surface area is 182 Å². The van der Waals surface area contributed by atoms with Crippen LogP contribution in [0.2, 0.25) is 0 Å². The van der Waals surface area contributed by atoms with Crippen molar-refractivity contribution in [1.82, 2.24) is 15.3 Å². The van der Waals surface area contributed by atoms with E-state index in [9.17, 15) is 4.79 Å². The quantitative estimate of drug-likeness (QED) is 0.726. The van der Waals surface area contributed by atoms with Gasteiger partial charge in [0, 0.05) is 49.2 Å². The third-order valence-corrected chi connectivity index (χ3v) is 6.26. The molecule has 9 nitrogen and oxygen atoms in total. The summed E-state index contributed by atoms with van der Waals surface area (Å²) in [5.41, 5.74) is 1.53. The lowest BCUT2D eigenvalue weighted by atomic mass is 9.77. The average Bonchev–Trinajstić information content (AvgIpc) is 3.14. The molecule has 2 saturated heterocycles. The van der Waals surface area contributed by atoms with Gasteiger partial charge in [0.25, 0.3) is 0 Å². The molecule has 2 fully saturated rings. The summed E-state index contributed by atoms with van der Waals surface area (Å²) in [6, 6.07) is 3.63. The lowest BCUT2D eigenvalue weighted by Crippen LogP contribution is -2.44. The largest absolute Gasteiger partial charge is 0.493 e.